The molecule has 1 fully saturated rings. The van der Waals surface area contributed by atoms with Gasteiger partial charge in [-0.3, -0.25) is 4.90 Å². The molecule has 0 unspecified atom stereocenters. The van der Waals surface area contributed by atoms with Gasteiger partial charge in [-0.05, 0) is 17.7 Å². The Morgan fingerprint density at radius 3 is 2.82 bits per heavy atom. The van der Waals surface area contributed by atoms with Crippen molar-refractivity contribution in [2.45, 2.75) is 12.5 Å². The number of nitrogens with zero attached hydrogens (tertiary/aromatic N) is 2. The third-order valence-electron chi connectivity index (χ3n) is 3.11. The maximum absolute atomic E-state index is 8.99. The molecule has 0 amide bonds. The van der Waals surface area contributed by atoms with Crippen LogP contribution in [0.5, 0.6) is 0 Å². The second kappa shape index (κ2) is 6.15. The zero-order chi connectivity index (χ0) is 12.1. The fraction of sp³-hybridized carbons (Fsp3) is 0.462. The first-order valence-electron chi connectivity index (χ1n) is 5.88. The molecule has 1 aromatic carbocycles. The number of piperazine rings is 1. The van der Waals surface area contributed by atoms with Crippen molar-refractivity contribution in [3.05, 3.63) is 34.3 Å². The number of rotatable bonds is 3. The molecule has 2 rings (SSSR count). The van der Waals surface area contributed by atoms with Gasteiger partial charge in [0.1, 0.15) is 0 Å². The van der Waals surface area contributed by atoms with Crippen molar-refractivity contribution in [2.75, 3.05) is 26.2 Å². The molecule has 1 aromatic rings. The third-order valence-corrected chi connectivity index (χ3v) is 3.60. The highest BCUT2D eigenvalue weighted by Crippen LogP contribution is 2.26. The topological polar surface area (TPSA) is 39.1 Å². The Morgan fingerprint density at radius 2 is 2.18 bits per heavy atom. The molecule has 1 heterocycles. The number of hydrogen-bond donors (Lipinski definition) is 1. The van der Waals surface area contributed by atoms with Crippen LogP contribution in [0.2, 0.25) is 0 Å². The Balaban J connectivity index is 2.19. The number of nitriles is 1. The van der Waals surface area contributed by atoms with E-state index in [4.69, 9.17) is 5.26 Å². The van der Waals surface area contributed by atoms with Gasteiger partial charge in [-0.1, -0.05) is 28.1 Å². The van der Waals surface area contributed by atoms with E-state index in [2.05, 4.69) is 44.3 Å². The van der Waals surface area contributed by atoms with Gasteiger partial charge in [0.25, 0.3) is 0 Å². The third kappa shape index (κ3) is 3.29. The van der Waals surface area contributed by atoms with E-state index in [0.29, 0.717) is 6.42 Å². The van der Waals surface area contributed by atoms with Crippen LogP contribution in [0, 0.1) is 11.3 Å². The minimum atomic E-state index is 0.222. The van der Waals surface area contributed by atoms with Gasteiger partial charge in [0.15, 0.2) is 0 Å². The molecule has 1 aliphatic rings. The van der Waals surface area contributed by atoms with Gasteiger partial charge in [0, 0.05) is 36.7 Å². The molecule has 0 spiro atoms. The molecule has 17 heavy (non-hydrogen) atoms. The fourth-order valence-corrected chi connectivity index (χ4v) is 2.67. The van der Waals surface area contributed by atoms with E-state index >= 15 is 0 Å². The van der Waals surface area contributed by atoms with Crippen LogP contribution in [0.25, 0.3) is 0 Å². The SMILES string of the molecule is N#CC[C@@H](c1cccc(Br)c1)N1CCNCC1. The molecule has 0 radical (unpaired) electrons. The molecule has 1 atom stereocenters. The lowest BCUT2D eigenvalue weighted by atomic mass is 10.0. The van der Waals surface area contributed by atoms with Crippen molar-refractivity contribution in [3.63, 3.8) is 0 Å². The van der Waals surface area contributed by atoms with Gasteiger partial charge < -0.3 is 5.32 Å². The van der Waals surface area contributed by atoms with Crippen LogP contribution in [0.4, 0.5) is 0 Å². The van der Waals surface area contributed by atoms with E-state index in [1.165, 1.54) is 5.56 Å². The summed E-state index contributed by atoms with van der Waals surface area (Å²) in [4.78, 5) is 2.39. The van der Waals surface area contributed by atoms with Crippen molar-refractivity contribution in [3.8, 4) is 6.07 Å². The average Bonchev–Trinajstić information content (AvgIpc) is 2.37. The Kier molecular flexibility index (Phi) is 4.55. The highest BCUT2D eigenvalue weighted by Gasteiger charge is 2.21. The van der Waals surface area contributed by atoms with Gasteiger partial charge >= 0.3 is 0 Å². The molecule has 0 bridgehead atoms. The second-order valence-electron chi connectivity index (χ2n) is 4.22. The normalized spacial score (nSPS) is 18.6. The summed E-state index contributed by atoms with van der Waals surface area (Å²) in [5, 5.41) is 12.3. The highest BCUT2D eigenvalue weighted by atomic mass is 79.9. The van der Waals surface area contributed by atoms with Crippen molar-refractivity contribution in [1.29, 1.82) is 5.26 Å². The predicted octanol–water partition coefficient (Wildman–Crippen LogP) is 2.31. The van der Waals surface area contributed by atoms with E-state index in [0.717, 1.165) is 30.7 Å². The van der Waals surface area contributed by atoms with E-state index in [9.17, 15) is 0 Å². The van der Waals surface area contributed by atoms with E-state index in [1.807, 2.05) is 12.1 Å². The summed E-state index contributed by atoms with van der Waals surface area (Å²) >= 11 is 3.49. The quantitative estimate of drug-likeness (QED) is 0.930. The molecule has 0 saturated carbocycles. The van der Waals surface area contributed by atoms with Gasteiger partial charge in [0.05, 0.1) is 12.5 Å². The van der Waals surface area contributed by atoms with Crippen LogP contribution in [-0.4, -0.2) is 31.1 Å². The lowest BCUT2D eigenvalue weighted by molar-refractivity contribution is 0.175. The second-order valence-corrected chi connectivity index (χ2v) is 5.13. The molecule has 0 aliphatic carbocycles. The molecular weight excluding hydrogens is 278 g/mol. The van der Waals surface area contributed by atoms with Gasteiger partial charge in [-0.2, -0.15) is 5.26 Å². The van der Waals surface area contributed by atoms with Crippen LogP contribution < -0.4 is 5.32 Å². The fourth-order valence-electron chi connectivity index (χ4n) is 2.25. The Hall–Kier alpha value is -0.890. The van der Waals surface area contributed by atoms with E-state index in [-0.39, 0.29) is 6.04 Å². The summed E-state index contributed by atoms with van der Waals surface area (Å²) in [7, 11) is 0. The maximum atomic E-state index is 8.99. The maximum Gasteiger partial charge on any atom is 0.0641 e. The number of benzene rings is 1. The van der Waals surface area contributed by atoms with Crippen LogP contribution >= 0.6 is 15.9 Å². The molecule has 4 heteroatoms. The van der Waals surface area contributed by atoms with Crippen molar-refractivity contribution < 1.29 is 0 Å². The molecule has 1 aliphatic heterocycles. The molecular formula is C13H16BrN3. The number of nitrogens with one attached hydrogen (secondary N) is 1. The van der Waals surface area contributed by atoms with Gasteiger partial charge in [-0.15, -0.1) is 0 Å². The summed E-state index contributed by atoms with van der Waals surface area (Å²) in [5.41, 5.74) is 1.22. The largest absolute Gasteiger partial charge is 0.314 e. The summed E-state index contributed by atoms with van der Waals surface area (Å²) in [6.07, 6.45) is 0.552. The Bertz CT molecular complexity index is 407. The predicted molar refractivity (Wildman–Crippen MR) is 71.6 cm³/mol. The first-order chi connectivity index (χ1) is 8.31. The molecule has 3 nitrogen and oxygen atoms in total. The van der Waals surface area contributed by atoms with Crippen molar-refractivity contribution >= 4 is 15.9 Å². The monoisotopic (exact) mass is 293 g/mol. The van der Waals surface area contributed by atoms with Crippen LogP contribution in [0.1, 0.15) is 18.0 Å². The molecule has 0 aromatic heterocycles. The Labute approximate surface area is 111 Å². The lowest BCUT2D eigenvalue weighted by Crippen LogP contribution is -2.45. The zero-order valence-electron chi connectivity index (χ0n) is 9.69. The van der Waals surface area contributed by atoms with Gasteiger partial charge in [0.2, 0.25) is 0 Å². The zero-order valence-corrected chi connectivity index (χ0v) is 11.3. The Morgan fingerprint density at radius 1 is 1.41 bits per heavy atom. The lowest BCUT2D eigenvalue weighted by Gasteiger charge is -2.34. The first-order valence-corrected chi connectivity index (χ1v) is 6.68. The van der Waals surface area contributed by atoms with Crippen LogP contribution in [0.3, 0.4) is 0 Å². The van der Waals surface area contributed by atoms with Crippen LogP contribution in [-0.2, 0) is 0 Å². The first kappa shape index (κ1) is 12.6. The summed E-state index contributed by atoms with van der Waals surface area (Å²) < 4.78 is 1.08. The van der Waals surface area contributed by atoms with Crippen LogP contribution in [0.15, 0.2) is 28.7 Å². The number of hydrogen-bond acceptors (Lipinski definition) is 3. The standard InChI is InChI=1S/C13H16BrN3/c14-12-3-1-2-11(10-12)13(4-5-15)17-8-6-16-7-9-17/h1-3,10,13,16H,4,6-9H2/t13-/m0/s1. The molecule has 1 N–H and O–H groups in total. The minimum absolute atomic E-state index is 0.222. The summed E-state index contributed by atoms with van der Waals surface area (Å²) in [5.74, 6) is 0. The van der Waals surface area contributed by atoms with Crippen molar-refractivity contribution in [2.24, 2.45) is 0 Å². The number of halogens is 1. The van der Waals surface area contributed by atoms with E-state index < -0.39 is 0 Å². The molecule has 90 valence electrons. The smallest absolute Gasteiger partial charge is 0.0641 e. The highest BCUT2D eigenvalue weighted by molar-refractivity contribution is 9.10. The van der Waals surface area contributed by atoms with Crippen molar-refractivity contribution in [1.82, 2.24) is 10.2 Å². The summed E-state index contributed by atoms with van der Waals surface area (Å²) in [6, 6.07) is 10.8. The van der Waals surface area contributed by atoms with Gasteiger partial charge in [-0.25, -0.2) is 0 Å². The molecule has 1 saturated heterocycles. The average molecular weight is 294 g/mol. The summed E-state index contributed by atoms with van der Waals surface area (Å²) in [6.45, 7) is 4.05. The van der Waals surface area contributed by atoms with E-state index in [1.54, 1.807) is 0 Å². The minimum Gasteiger partial charge on any atom is -0.314 e.